The normalized spacial score (nSPS) is 11.0. The van der Waals surface area contributed by atoms with E-state index in [0.29, 0.717) is 27.8 Å². The maximum atomic E-state index is 14.1. The van der Waals surface area contributed by atoms with Crippen LogP contribution in [0.4, 0.5) is 4.39 Å². The molecule has 0 aliphatic rings. The number of nitrogens with zero attached hydrogens (tertiary/aromatic N) is 2. The van der Waals surface area contributed by atoms with E-state index in [-0.39, 0.29) is 11.7 Å². The highest BCUT2D eigenvalue weighted by atomic mass is 35.5. The second-order valence-corrected chi connectivity index (χ2v) is 5.15. The Bertz CT molecular complexity index is 817. The number of methoxy groups -OCH3 is 1. The number of fused-ring (bicyclic) bond motifs is 1. The van der Waals surface area contributed by atoms with Gasteiger partial charge in [-0.25, -0.2) is 9.37 Å². The molecule has 0 unspecified atom stereocenters. The molecule has 0 aliphatic carbocycles. The minimum absolute atomic E-state index is 0.156. The fourth-order valence-corrected chi connectivity index (χ4v) is 2.60. The predicted octanol–water partition coefficient (Wildman–Crippen LogP) is 4.57. The Hall–Kier alpha value is -1.78. The first-order chi connectivity index (χ1) is 10.1. The fourth-order valence-electron chi connectivity index (χ4n) is 2.25. The number of rotatable bonds is 3. The van der Waals surface area contributed by atoms with Crippen molar-refractivity contribution in [3.05, 3.63) is 53.1 Å². The number of ether oxygens (including phenoxy) is 1. The van der Waals surface area contributed by atoms with E-state index in [1.165, 1.54) is 12.1 Å². The van der Waals surface area contributed by atoms with Crippen LogP contribution in [0.5, 0.6) is 5.75 Å². The molecule has 6 heteroatoms. The van der Waals surface area contributed by atoms with Crippen molar-refractivity contribution in [2.75, 3.05) is 7.11 Å². The summed E-state index contributed by atoms with van der Waals surface area (Å²) in [5.41, 5.74) is 1.75. The molecule has 0 amide bonds. The zero-order chi connectivity index (χ0) is 15.0. The maximum absolute atomic E-state index is 14.1. The van der Waals surface area contributed by atoms with E-state index in [2.05, 4.69) is 4.98 Å². The van der Waals surface area contributed by atoms with Crippen LogP contribution in [0.25, 0.3) is 16.7 Å². The molecule has 0 N–H and O–H groups in total. The molecule has 0 bridgehead atoms. The first-order valence-corrected chi connectivity index (χ1v) is 7.12. The molecule has 0 atom stereocenters. The smallest absolute Gasteiger partial charge is 0.147 e. The number of hydrogen-bond donors (Lipinski definition) is 0. The van der Waals surface area contributed by atoms with Gasteiger partial charge in [0.2, 0.25) is 0 Å². The number of imidazole rings is 1. The summed E-state index contributed by atoms with van der Waals surface area (Å²) in [7, 11) is 1.58. The molecule has 2 aromatic carbocycles. The average molecular weight is 325 g/mol. The summed E-state index contributed by atoms with van der Waals surface area (Å²) in [6, 6.07) is 9.77. The SMILES string of the molecule is COc1ccc2c(c1)nc(CCl)n2-c1cc(Cl)ccc1F. The maximum Gasteiger partial charge on any atom is 0.147 e. The van der Waals surface area contributed by atoms with E-state index >= 15 is 0 Å². The summed E-state index contributed by atoms with van der Waals surface area (Å²) in [5.74, 6) is 0.991. The Kier molecular flexibility index (Phi) is 3.74. The summed E-state index contributed by atoms with van der Waals surface area (Å²) < 4.78 is 21.0. The van der Waals surface area contributed by atoms with Gasteiger partial charge in [0.15, 0.2) is 0 Å². The monoisotopic (exact) mass is 324 g/mol. The third kappa shape index (κ3) is 2.45. The van der Waals surface area contributed by atoms with Gasteiger partial charge in [-0.05, 0) is 30.3 Å². The lowest BCUT2D eigenvalue weighted by molar-refractivity contribution is 0.415. The van der Waals surface area contributed by atoms with Gasteiger partial charge in [-0.15, -0.1) is 11.6 Å². The van der Waals surface area contributed by atoms with Crippen LogP contribution in [-0.4, -0.2) is 16.7 Å². The van der Waals surface area contributed by atoms with Crippen molar-refractivity contribution in [2.24, 2.45) is 0 Å². The summed E-state index contributed by atoms with van der Waals surface area (Å²) in [5, 5.41) is 0.447. The van der Waals surface area contributed by atoms with E-state index in [0.717, 1.165) is 5.52 Å². The van der Waals surface area contributed by atoms with Crippen LogP contribution in [0.2, 0.25) is 5.02 Å². The minimum Gasteiger partial charge on any atom is -0.497 e. The van der Waals surface area contributed by atoms with Crippen molar-refractivity contribution in [2.45, 2.75) is 5.88 Å². The van der Waals surface area contributed by atoms with Crippen molar-refractivity contribution >= 4 is 34.2 Å². The average Bonchev–Trinajstić information content (AvgIpc) is 2.87. The van der Waals surface area contributed by atoms with E-state index < -0.39 is 0 Å². The fraction of sp³-hybridized carbons (Fsp3) is 0.133. The second kappa shape index (κ2) is 5.54. The van der Waals surface area contributed by atoms with E-state index in [1.54, 1.807) is 29.9 Å². The lowest BCUT2D eigenvalue weighted by Gasteiger charge is -2.09. The second-order valence-electron chi connectivity index (χ2n) is 4.45. The van der Waals surface area contributed by atoms with E-state index in [4.69, 9.17) is 27.9 Å². The Morgan fingerprint density at radius 2 is 2.05 bits per heavy atom. The van der Waals surface area contributed by atoms with Gasteiger partial charge in [0.05, 0.1) is 29.7 Å². The summed E-state index contributed by atoms with van der Waals surface area (Å²) in [4.78, 5) is 4.43. The Morgan fingerprint density at radius 3 is 2.76 bits per heavy atom. The van der Waals surface area contributed by atoms with Gasteiger partial charge >= 0.3 is 0 Å². The zero-order valence-corrected chi connectivity index (χ0v) is 12.6. The molecule has 0 aliphatic heterocycles. The van der Waals surface area contributed by atoms with Crippen LogP contribution >= 0.6 is 23.2 Å². The minimum atomic E-state index is -0.388. The standard InChI is InChI=1S/C15H11Cl2FN2O/c1-21-10-3-5-13-12(7-10)19-15(8-16)20(13)14-6-9(17)2-4-11(14)18/h2-7H,8H2,1H3. The van der Waals surface area contributed by atoms with E-state index in [1.807, 2.05) is 6.07 Å². The van der Waals surface area contributed by atoms with Crippen molar-refractivity contribution in [1.82, 2.24) is 9.55 Å². The molecule has 0 spiro atoms. The lowest BCUT2D eigenvalue weighted by Crippen LogP contribution is -2.02. The summed E-state index contributed by atoms with van der Waals surface area (Å²) in [6.45, 7) is 0. The number of benzene rings is 2. The van der Waals surface area contributed by atoms with Gasteiger partial charge in [-0.3, -0.25) is 4.57 Å². The lowest BCUT2D eigenvalue weighted by atomic mass is 10.2. The number of aromatic nitrogens is 2. The van der Waals surface area contributed by atoms with Crippen molar-refractivity contribution in [3.63, 3.8) is 0 Å². The first-order valence-electron chi connectivity index (χ1n) is 6.21. The Morgan fingerprint density at radius 1 is 1.24 bits per heavy atom. The molecule has 0 fully saturated rings. The highest BCUT2D eigenvalue weighted by Gasteiger charge is 2.15. The molecule has 1 aromatic heterocycles. The molecule has 0 saturated carbocycles. The quantitative estimate of drug-likeness (QED) is 0.660. The van der Waals surface area contributed by atoms with Gasteiger partial charge in [-0.2, -0.15) is 0 Å². The first kappa shape index (κ1) is 14.2. The summed E-state index contributed by atoms with van der Waals surface area (Å²) >= 11 is 11.9. The number of hydrogen-bond acceptors (Lipinski definition) is 2. The molecule has 108 valence electrons. The molecule has 3 aromatic rings. The highest BCUT2D eigenvalue weighted by Crippen LogP contribution is 2.28. The molecule has 0 radical (unpaired) electrons. The van der Waals surface area contributed by atoms with Gasteiger partial charge < -0.3 is 4.74 Å². The van der Waals surface area contributed by atoms with Gasteiger partial charge in [0.25, 0.3) is 0 Å². The molecular formula is C15H11Cl2FN2O. The molecule has 21 heavy (non-hydrogen) atoms. The van der Waals surface area contributed by atoms with Crippen molar-refractivity contribution in [1.29, 1.82) is 0 Å². The Balaban J connectivity index is 2.32. The zero-order valence-electron chi connectivity index (χ0n) is 11.1. The van der Waals surface area contributed by atoms with Crippen LogP contribution in [0.15, 0.2) is 36.4 Å². The van der Waals surface area contributed by atoms with Crippen LogP contribution < -0.4 is 4.74 Å². The van der Waals surface area contributed by atoms with Gasteiger partial charge in [0.1, 0.15) is 17.4 Å². The van der Waals surface area contributed by atoms with Gasteiger partial charge in [-0.1, -0.05) is 11.6 Å². The van der Waals surface area contributed by atoms with Gasteiger partial charge in [0, 0.05) is 11.1 Å². The predicted molar refractivity (Wildman–Crippen MR) is 82.1 cm³/mol. The van der Waals surface area contributed by atoms with Crippen molar-refractivity contribution in [3.8, 4) is 11.4 Å². The largest absolute Gasteiger partial charge is 0.497 e. The molecule has 1 heterocycles. The number of halogens is 3. The van der Waals surface area contributed by atoms with Crippen LogP contribution in [0, 0.1) is 5.82 Å². The number of alkyl halides is 1. The Labute approximate surface area is 130 Å². The van der Waals surface area contributed by atoms with Crippen molar-refractivity contribution < 1.29 is 9.13 Å². The molecular weight excluding hydrogens is 314 g/mol. The molecule has 0 saturated heterocycles. The summed E-state index contributed by atoms with van der Waals surface area (Å²) in [6.07, 6.45) is 0. The third-order valence-electron chi connectivity index (χ3n) is 3.20. The van der Waals surface area contributed by atoms with Crippen LogP contribution in [-0.2, 0) is 5.88 Å². The molecule has 3 rings (SSSR count). The van der Waals surface area contributed by atoms with Crippen LogP contribution in [0.1, 0.15) is 5.82 Å². The molecule has 3 nitrogen and oxygen atoms in total. The topological polar surface area (TPSA) is 27.1 Å². The van der Waals surface area contributed by atoms with E-state index in [9.17, 15) is 4.39 Å². The third-order valence-corrected chi connectivity index (χ3v) is 3.67. The van der Waals surface area contributed by atoms with Crippen LogP contribution in [0.3, 0.4) is 0 Å². The highest BCUT2D eigenvalue weighted by molar-refractivity contribution is 6.30.